The number of aromatic nitrogens is 3. The fourth-order valence-corrected chi connectivity index (χ4v) is 5.23. The summed E-state index contributed by atoms with van der Waals surface area (Å²) < 4.78 is 6.28. The standard InChI is InChI=1S/C32H32N6O2/c33-28(32(39)38-18-16-37(17-19-38)22-24-4-2-1-3-5-24)20-23-6-8-26(9-7-23)40-29-12-15-35-31-30(29)27(21-36-31)25-10-13-34-14-11-25/h1-15,21,28H,16-20,22,33H2,(H,35,36). The Kier molecular flexibility index (Phi) is 7.52. The number of hydrogen-bond donors (Lipinski definition) is 2. The van der Waals surface area contributed by atoms with Crippen LogP contribution in [0.4, 0.5) is 0 Å². The zero-order chi connectivity index (χ0) is 27.3. The third-order valence-corrected chi connectivity index (χ3v) is 7.38. The number of amides is 1. The van der Waals surface area contributed by atoms with Gasteiger partial charge in [-0.15, -0.1) is 0 Å². The van der Waals surface area contributed by atoms with E-state index < -0.39 is 6.04 Å². The second-order valence-electron chi connectivity index (χ2n) is 10.1. The molecule has 1 aliphatic rings. The largest absolute Gasteiger partial charge is 0.457 e. The second kappa shape index (κ2) is 11.7. The molecule has 1 fully saturated rings. The lowest BCUT2D eigenvalue weighted by atomic mass is 10.0. The van der Waals surface area contributed by atoms with Crippen molar-refractivity contribution in [1.82, 2.24) is 24.8 Å². The monoisotopic (exact) mass is 532 g/mol. The third kappa shape index (κ3) is 5.73. The molecule has 5 aromatic rings. The first kappa shape index (κ1) is 25.7. The van der Waals surface area contributed by atoms with Crippen LogP contribution in [0.2, 0.25) is 0 Å². The van der Waals surface area contributed by atoms with E-state index in [0.717, 1.165) is 47.4 Å². The van der Waals surface area contributed by atoms with E-state index in [2.05, 4.69) is 44.1 Å². The fourth-order valence-electron chi connectivity index (χ4n) is 5.23. The van der Waals surface area contributed by atoms with Crippen molar-refractivity contribution in [3.05, 3.63) is 109 Å². The number of pyridine rings is 2. The number of nitrogens with zero attached hydrogens (tertiary/aromatic N) is 4. The highest BCUT2D eigenvalue weighted by molar-refractivity contribution is 5.98. The molecule has 1 saturated heterocycles. The van der Waals surface area contributed by atoms with Crippen LogP contribution in [0, 0.1) is 0 Å². The summed E-state index contributed by atoms with van der Waals surface area (Å²) in [5.74, 6) is 1.42. The minimum Gasteiger partial charge on any atom is -0.457 e. The topological polar surface area (TPSA) is 100 Å². The highest BCUT2D eigenvalue weighted by Crippen LogP contribution is 2.36. The number of H-pyrrole nitrogens is 1. The maximum atomic E-state index is 13.1. The molecule has 0 radical (unpaired) electrons. The van der Waals surface area contributed by atoms with Crippen molar-refractivity contribution in [3.63, 3.8) is 0 Å². The lowest BCUT2D eigenvalue weighted by molar-refractivity contribution is -0.134. The SMILES string of the molecule is NC(Cc1ccc(Oc2ccnc3[nH]cc(-c4ccncc4)c23)cc1)C(=O)N1CCN(Cc2ccccc2)CC1. The summed E-state index contributed by atoms with van der Waals surface area (Å²) >= 11 is 0. The Balaban J connectivity index is 1.06. The van der Waals surface area contributed by atoms with Crippen molar-refractivity contribution < 1.29 is 9.53 Å². The molecule has 1 aliphatic heterocycles. The predicted octanol–water partition coefficient (Wildman–Crippen LogP) is 4.63. The third-order valence-electron chi connectivity index (χ3n) is 7.38. The van der Waals surface area contributed by atoms with Crippen LogP contribution >= 0.6 is 0 Å². The minimum atomic E-state index is -0.574. The van der Waals surface area contributed by atoms with Gasteiger partial charge in [-0.25, -0.2) is 4.98 Å². The Labute approximate surface area is 233 Å². The summed E-state index contributed by atoms with van der Waals surface area (Å²) in [5.41, 5.74) is 11.5. The number of nitrogens with one attached hydrogen (secondary N) is 1. The molecule has 0 bridgehead atoms. The normalized spacial score (nSPS) is 14.8. The Hall–Kier alpha value is -4.53. The summed E-state index contributed by atoms with van der Waals surface area (Å²) in [6.45, 7) is 4.02. The number of nitrogens with two attached hydrogens (primary N) is 1. The number of fused-ring (bicyclic) bond motifs is 1. The molecule has 3 aromatic heterocycles. The van der Waals surface area contributed by atoms with Crippen LogP contribution in [0.5, 0.6) is 11.5 Å². The Morgan fingerprint density at radius 3 is 2.40 bits per heavy atom. The molecule has 1 unspecified atom stereocenters. The van der Waals surface area contributed by atoms with E-state index in [9.17, 15) is 4.79 Å². The first-order valence-corrected chi connectivity index (χ1v) is 13.6. The Morgan fingerprint density at radius 2 is 1.65 bits per heavy atom. The summed E-state index contributed by atoms with van der Waals surface area (Å²) in [6.07, 6.45) is 7.68. The average Bonchev–Trinajstić information content (AvgIpc) is 3.44. The molecule has 8 nitrogen and oxygen atoms in total. The van der Waals surface area contributed by atoms with E-state index in [4.69, 9.17) is 10.5 Å². The number of carbonyl (C=O) groups is 1. The summed E-state index contributed by atoms with van der Waals surface area (Å²) in [5, 5.41) is 0.911. The lowest BCUT2D eigenvalue weighted by Crippen LogP contribution is -2.53. The zero-order valence-electron chi connectivity index (χ0n) is 22.2. The van der Waals surface area contributed by atoms with Gasteiger partial charge in [0.15, 0.2) is 0 Å². The lowest BCUT2D eigenvalue weighted by Gasteiger charge is -2.36. The zero-order valence-corrected chi connectivity index (χ0v) is 22.2. The smallest absolute Gasteiger partial charge is 0.239 e. The van der Waals surface area contributed by atoms with Crippen molar-refractivity contribution in [2.45, 2.75) is 19.0 Å². The molecular formula is C32H32N6O2. The van der Waals surface area contributed by atoms with Crippen LogP contribution in [-0.2, 0) is 17.8 Å². The van der Waals surface area contributed by atoms with Gasteiger partial charge in [-0.2, -0.15) is 0 Å². The number of aromatic amines is 1. The van der Waals surface area contributed by atoms with E-state index in [-0.39, 0.29) is 5.91 Å². The molecule has 4 heterocycles. The van der Waals surface area contributed by atoms with Gasteiger partial charge in [0.1, 0.15) is 17.1 Å². The van der Waals surface area contributed by atoms with Crippen molar-refractivity contribution in [1.29, 1.82) is 0 Å². The van der Waals surface area contributed by atoms with Crippen LogP contribution in [0.15, 0.2) is 97.6 Å². The molecular weight excluding hydrogens is 500 g/mol. The number of piperazine rings is 1. The number of carbonyl (C=O) groups excluding carboxylic acids is 1. The molecule has 40 heavy (non-hydrogen) atoms. The van der Waals surface area contributed by atoms with Crippen LogP contribution in [0.25, 0.3) is 22.2 Å². The van der Waals surface area contributed by atoms with E-state index in [1.54, 1.807) is 18.6 Å². The van der Waals surface area contributed by atoms with E-state index in [1.807, 2.05) is 59.6 Å². The summed E-state index contributed by atoms with van der Waals surface area (Å²) in [7, 11) is 0. The number of rotatable bonds is 8. The van der Waals surface area contributed by atoms with Gasteiger partial charge < -0.3 is 20.4 Å². The first-order chi connectivity index (χ1) is 19.6. The molecule has 2 aromatic carbocycles. The van der Waals surface area contributed by atoms with E-state index in [0.29, 0.717) is 31.0 Å². The predicted molar refractivity (Wildman–Crippen MR) is 156 cm³/mol. The van der Waals surface area contributed by atoms with Crippen molar-refractivity contribution in [2.24, 2.45) is 5.73 Å². The molecule has 0 aliphatic carbocycles. The summed E-state index contributed by atoms with van der Waals surface area (Å²) in [4.78, 5) is 29.1. The van der Waals surface area contributed by atoms with Gasteiger partial charge in [-0.3, -0.25) is 14.7 Å². The molecule has 0 spiro atoms. The maximum absolute atomic E-state index is 13.1. The highest BCUT2D eigenvalue weighted by Gasteiger charge is 2.25. The van der Waals surface area contributed by atoms with Crippen molar-refractivity contribution >= 4 is 16.9 Å². The van der Waals surface area contributed by atoms with Gasteiger partial charge in [-0.1, -0.05) is 42.5 Å². The number of benzene rings is 2. The van der Waals surface area contributed by atoms with Crippen LogP contribution in [-0.4, -0.2) is 62.9 Å². The minimum absolute atomic E-state index is 0.00923. The van der Waals surface area contributed by atoms with E-state index in [1.165, 1.54) is 5.56 Å². The van der Waals surface area contributed by atoms with Gasteiger partial charge >= 0.3 is 0 Å². The van der Waals surface area contributed by atoms with Gasteiger partial charge in [0, 0.05) is 63.1 Å². The van der Waals surface area contributed by atoms with Gasteiger partial charge in [0.05, 0.1) is 11.4 Å². The number of ether oxygens (including phenoxy) is 1. The molecule has 1 amide bonds. The van der Waals surface area contributed by atoms with Gasteiger partial charge in [0.25, 0.3) is 0 Å². The van der Waals surface area contributed by atoms with E-state index >= 15 is 0 Å². The molecule has 6 rings (SSSR count). The highest BCUT2D eigenvalue weighted by atomic mass is 16.5. The fraction of sp³-hybridized carbons (Fsp3) is 0.219. The molecule has 1 atom stereocenters. The Bertz CT molecular complexity index is 1560. The van der Waals surface area contributed by atoms with Crippen LogP contribution in [0.3, 0.4) is 0 Å². The molecule has 8 heteroatoms. The first-order valence-electron chi connectivity index (χ1n) is 13.6. The average molecular weight is 533 g/mol. The van der Waals surface area contributed by atoms with Crippen molar-refractivity contribution in [2.75, 3.05) is 26.2 Å². The Morgan fingerprint density at radius 1 is 0.900 bits per heavy atom. The van der Waals surface area contributed by atoms with Crippen LogP contribution in [0.1, 0.15) is 11.1 Å². The van der Waals surface area contributed by atoms with Gasteiger partial charge in [-0.05, 0) is 53.4 Å². The van der Waals surface area contributed by atoms with Crippen LogP contribution < -0.4 is 10.5 Å². The molecule has 202 valence electrons. The molecule has 3 N–H and O–H groups in total. The quantitative estimate of drug-likeness (QED) is 0.302. The second-order valence-corrected chi connectivity index (χ2v) is 10.1. The van der Waals surface area contributed by atoms with Crippen molar-refractivity contribution in [3.8, 4) is 22.6 Å². The molecule has 0 saturated carbocycles. The number of hydrogen-bond acceptors (Lipinski definition) is 6. The summed E-state index contributed by atoms with van der Waals surface area (Å²) in [6, 6.07) is 23.4. The van der Waals surface area contributed by atoms with Gasteiger partial charge in [0.2, 0.25) is 5.91 Å². The maximum Gasteiger partial charge on any atom is 0.239 e.